The van der Waals surface area contributed by atoms with Gasteiger partial charge in [0.2, 0.25) is 11.8 Å². The van der Waals surface area contributed by atoms with Crippen molar-refractivity contribution < 1.29 is 9.59 Å². The SMILES string of the molecule is C[C@H]1CN(C)c2ccccc2CN1C(=O)CNC(=O)C(C)(C)C. The molecule has 0 aliphatic carbocycles. The molecule has 0 saturated heterocycles. The van der Waals surface area contributed by atoms with Crippen LogP contribution in [0.5, 0.6) is 0 Å². The number of amides is 2. The summed E-state index contributed by atoms with van der Waals surface area (Å²) in [6.07, 6.45) is 0. The highest BCUT2D eigenvalue weighted by molar-refractivity contribution is 5.87. The summed E-state index contributed by atoms with van der Waals surface area (Å²) < 4.78 is 0. The van der Waals surface area contributed by atoms with E-state index in [0.29, 0.717) is 6.54 Å². The second kappa shape index (κ2) is 6.60. The molecule has 0 spiro atoms. The van der Waals surface area contributed by atoms with Crippen LogP contribution in [-0.4, -0.2) is 42.9 Å². The number of hydrogen-bond acceptors (Lipinski definition) is 3. The van der Waals surface area contributed by atoms with Gasteiger partial charge in [0.05, 0.1) is 6.54 Å². The second-order valence-electron chi connectivity index (χ2n) is 7.31. The zero-order chi connectivity index (χ0) is 17.2. The van der Waals surface area contributed by atoms with Crippen LogP contribution >= 0.6 is 0 Å². The van der Waals surface area contributed by atoms with Crippen LogP contribution in [0.1, 0.15) is 33.3 Å². The fourth-order valence-electron chi connectivity index (χ4n) is 2.81. The molecule has 5 nitrogen and oxygen atoms in total. The minimum atomic E-state index is -0.489. The number of nitrogens with zero attached hydrogens (tertiary/aromatic N) is 2. The average Bonchev–Trinajstić information content (AvgIpc) is 2.60. The Kier molecular flexibility index (Phi) is 4.97. The highest BCUT2D eigenvalue weighted by atomic mass is 16.2. The monoisotopic (exact) mass is 317 g/mol. The normalized spacial score (nSPS) is 18.2. The molecule has 5 heteroatoms. The highest BCUT2D eigenvalue weighted by Gasteiger charge is 2.28. The van der Waals surface area contributed by atoms with Gasteiger partial charge in [-0.25, -0.2) is 0 Å². The van der Waals surface area contributed by atoms with E-state index in [1.165, 1.54) is 0 Å². The van der Waals surface area contributed by atoms with Crippen LogP contribution in [0.2, 0.25) is 0 Å². The van der Waals surface area contributed by atoms with Crippen molar-refractivity contribution in [2.24, 2.45) is 5.41 Å². The third-order valence-electron chi connectivity index (χ3n) is 4.22. The van der Waals surface area contributed by atoms with Gasteiger partial charge in [0.15, 0.2) is 0 Å². The Hall–Kier alpha value is -2.04. The molecule has 1 aromatic rings. The number of anilines is 1. The maximum Gasteiger partial charge on any atom is 0.242 e. The number of rotatable bonds is 2. The van der Waals surface area contributed by atoms with E-state index < -0.39 is 5.41 Å². The molecule has 1 aliphatic rings. The molecule has 0 radical (unpaired) electrons. The molecule has 0 bridgehead atoms. The summed E-state index contributed by atoms with van der Waals surface area (Å²) in [7, 11) is 2.05. The molecule has 1 atom stereocenters. The molecule has 0 fully saturated rings. The van der Waals surface area contributed by atoms with Crippen LogP contribution in [0.4, 0.5) is 5.69 Å². The van der Waals surface area contributed by atoms with Gasteiger partial charge in [-0.15, -0.1) is 0 Å². The van der Waals surface area contributed by atoms with Crippen molar-refractivity contribution in [3.8, 4) is 0 Å². The molecule has 2 amide bonds. The van der Waals surface area contributed by atoms with E-state index in [0.717, 1.165) is 17.8 Å². The van der Waals surface area contributed by atoms with Gasteiger partial charge in [0.25, 0.3) is 0 Å². The Bertz CT molecular complexity index is 592. The molecule has 0 aromatic heterocycles. The van der Waals surface area contributed by atoms with Crippen molar-refractivity contribution >= 4 is 17.5 Å². The molecule has 2 rings (SSSR count). The van der Waals surface area contributed by atoms with E-state index in [1.807, 2.05) is 51.8 Å². The van der Waals surface area contributed by atoms with Crippen LogP contribution in [-0.2, 0) is 16.1 Å². The first kappa shape index (κ1) is 17.3. The van der Waals surface area contributed by atoms with E-state index >= 15 is 0 Å². The van der Waals surface area contributed by atoms with Crippen LogP contribution in [0.25, 0.3) is 0 Å². The first-order chi connectivity index (χ1) is 10.7. The number of carbonyl (C=O) groups is 2. The summed E-state index contributed by atoms with van der Waals surface area (Å²) in [6, 6.07) is 8.23. The zero-order valence-corrected chi connectivity index (χ0v) is 14.7. The third kappa shape index (κ3) is 4.03. The average molecular weight is 317 g/mol. The van der Waals surface area contributed by atoms with Gasteiger partial charge in [-0.05, 0) is 18.6 Å². The Morgan fingerprint density at radius 3 is 2.57 bits per heavy atom. The highest BCUT2D eigenvalue weighted by Crippen LogP contribution is 2.26. The molecule has 0 unspecified atom stereocenters. The Balaban J connectivity index is 2.10. The van der Waals surface area contributed by atoms with Crippen LogP contribution in [0.15, 0.2) is 24.3 Å². The minimum Gasteiger partial charge on any atom is -0.372 e. The van der Waals surface area contributed by atoms with Crippen molar-refractivity contribution in [3.63, 3.8) is 0 Å². The summed E-state index contributed by atoms with van der Waals surface area (Å²) in [4.78, 5) is 28.6. The Morgan fingerprint density at radius 1 is 1.26 bits per heavy atom. The molecule has 126 valence electrons. The lowest BCUT2D eigenvalue weighted by molar-refractivity contribution is -0.136. The van der Waals surface area contributed by atoms with E-state index in [2.05, 4.69) is 22.3 Å². The van der Waals surface area contributed by atoms with Gasteiger partial charge in [-0.3, -0.25) is 9.59 Å². The van der Waals surface area contributed by atoms with Crippen LogP contribution in [0.3, 0.4) is 0 Å². The number of fused-ring (bicyclic) bond motifs is 1. The predicted octanol–water partition coefficient (Wildman–Crippen LogP) is 2.02. The van der Waals surface area contributed by atoms with Crippen LogP contribution in [0, 0.1) is 5.41 Å². The number of para-hydroxylation sites is 1. The molecular weight excluding hydrogens is 290 g/mol. The lowest BCUT2D eigenvalue weighted by Crippen LogP contribution is -2.47. The van der Waals surface area contributed by atoms with Crippen molar-refractivity contribution in [2.45, 2.75) is 40.3 Å². The number of nitrogens with one attached hydrogen (secondary N) is 1. The molecule has 0 saturated carbocycles. The summed E-state index contributed by atoms with van der Waals surface area (Å²) in [5.41, 5.74) is 1.81. The van der Waals surface area contributed by atoms with E-state index in [4.69, 9.17) is 0 Å². The lowest BCUT2D eigenvalue weighted by Gasteiger charge is -2.29. The molecule has 1 heterocycles. The van der Waals surface area contributed by atoms with E-state index in [1.54, 1.807) is 0 Å². The largest absolute Gasteiger partial charge is 0.372 e. The topological polar surface area (TPSA) is 52.6 Å². The molecule has 23 heavy (non-hydrogen) atoms. The van der Waals surface area contributed by atoms with Crippen molar-refractivity contribution in [2.75, 3.05) is 25.0 Å². The minimum absolute atomic E-state index is 0.0415. The van der Waals surface area contributed by atoms with Gasteiger partial charge < -0.3 is 15.1 Å². The lowest BCUT2D eigenvalue weighted by atomic mass is 9.96. The predicted molar refractivity (Wildman–Crippen MR) is 92.2 cm³/mol. The smallest absolute Gasteiger partial charge is 0.242 e. The fourth-order valence-corrected chi connectivity index (χ4v) is 2.81. The standard InChI is InChI=1S/C18H27N3O2/c1-13-11-20(5)15-9-7-6-8-14(15)12-21(13)16(22)10-19-17(23)18(2,3)4/h6-9,13H,10-12H2,1-5H3,(H,19,23)/t13-/m0/s1. The molecule has 1 aliphatic heterocycles. The maximum atomic E-state index is 12.6. The van der Waals surface area contributed by atoms with Crippen molar-refractivity contribution in [1.82, 2.24) is 10.2 Å². The Labute approximate surface area is 138 Å². The molecule has 1 aromatic carbocycles. The molecule has 1 N–H and O–H groups in total. The number of carbonyl (C=O) groups excluding carboxylic acids is 2. The third-order valence-corrected chi connectivity index (χ3v) is 4.22. The van der Waals surface area contributed by atoms with Crippen LogP contribution < -0.4 is 10.2 Å². The zero-order valence-electron chi connectivity index (χ0n) is 14.7. The second-order valence-corrected chi connectivity index (χ2v) is 7.31. The quantitative estimate of drug-likeness (QED) is 0.908. The summed E-state index contributed by atoms with van der Waals surface area (Å²) in [6.45, 7) is 8.96. The van der Waals surface area contributed by atoms with Gasteiger partial charge in [-0.1, -0.05) is 39.0 Å². The number of hydrogen-bond donors (Lipinski definition) is 1. The van der Waals surface area contributed by atoms with Crippen molar-refractivity contribution in [3.05, 3.63) is 29.8 Å². The maximum absolute atomic E-state index is 12.6. The summed E-state index contributed by atoms with van der Waals surface area (Å²) >= 11 is 0. The first-order valence-corrected chi connectivity index (χ1v) is 8.07. The summed E-state index contributed by atoms with van der Waals surface area (Å²) in [5.74, 6) is -0.147. The van der Waals surface area contributed by atoms with E-state index in [-0.39, 0.29) is 24.4 Å². The first-order valence-electron chi connectivity index (χ1n) is 8.07. The van der Waals surface area contributed by atoms with Gasteiger partial charge >= 0.3 is 0 Å². The molecular formula is C18H27N3O2. The summed E-state index contributed by atoms with van der Waals surface area (Å²) in [5, 5.41) is 2.75. The van der Waals surface area contributed by atoms with Gasteiger partial charge in [0.1, 0.15) is 0 Å². The fraction of sp³-hybridized carbons (Fsp3) is 0.556. The number of benzene rings is 1. The van der Waals surface area contributed by atoms with Crippen molar-refractivity contribution in [1.29, 1.82) is 0 Å². The Morgan fingerprint density at radius 2 is 1.91 bits per heavy atom. The van der Waals surface area contributed by atoms with Gasteiger partial charge in [0, 0.05) is 37.3 Å². The van der Waals surface area contributed by atoms with Gasteiger partial charge in [-0.2, -0.15) is 0 Å². The van der Waals surface area contributed by atoms with E-state index in [9.17, 15) is 9.59 Å². The number of likely N-dealkylation sites (N-methyl/N-ethyl adjacent to an activating group) is 1.